The van der Waals surface area contributed by atoms with E-state index in [-0.39, 0.29) is 35.5 Å². The number of ether oxygens (including phenoxy) is 2. The van der Waals surface area contributed by atoms with Crippen LogP contribution in [-0.2, 0) is 22.4 Å². The van der Waals surface area contributed by atoms with E-state index >= 15 is 0 Å². The van der Waals surface area contributed by atoms with Crippen molar-refractivity contribution in [3.05, 3.63) is 132 Å². The summed E-state index contributed by atoms with van der Waals surface area (Å²) in [4.78, 5) is 25.0. The quantitative estimate of drug-likeness (QED) is 0.226. The number of anilines is 2. The highest BCUT2D eigenvalue weighted by atomic mass is 16.5. The van der Waals surface area contributed by atoms with E-state index in [4.69, 9.17) is 9.47 Å². The molecule has 0 unspecified atom stereocenters. The summed E-state index contributed by atoms with van der Waals surface area (Å²) in [7, 11) is 3.32. The van der Waals surface area contributed by atoms with Gasteiger partial charge in [0.2, 0.25) is 11.8 Å². The standard InChI is InChI=1S/C20H21NO2.C18H19NO2/c1-3-6-17-18(14-9-11-16(23-2)12-10-14)13-15-7-4-5-8-19(15)21-20(17)22;1-12-16(13-7-9-15(21-2)10-8-13)11-14-5-3-4-6-17(14)19-18(12)20/h3-5,7-12,17-18H,1,6,13H2,2H3,(H,21,22);3-10,12,16H,11H2,1-2H3,(H,19,20)/t17-,18+;12-,16-/m00/s1. The molecular weight excluding hydrogens is 548 g/mol. The number of carbonyl (C=O) groups excluding carboxylic acids is 2. The van der Waals surface area contributed by atoms with Crippen LogP contribution in [0.2, 0.25) is 0 Å². The van der Waals surface area contributed by atoms with Crippen LogP contribution in [-0.4, -0.2) is 26.0 Å². The molecule has 0 fully saturated rings. The fourth-order valence-corrected chi connectivity index (χ4v) is 6.18. The van der Waals surface area contributed by atoms with Crippen molar-refractivity contribution in [2.24, 2.45) is 11.8 Å². The molecule has 6 rings (SSSR count). The fourth-order valence-electron chi connectivity index (χ4n) is 6.18. The van der Waals surface area contributed by atoms with Gasteiger partial charge in [0.25, 0.3) is 0 Å². The lowest BCUT2D eigenvalue weighted by Gasteiger charge is -2.23. The molecule has 0 saturated carbocycles. The topological polar surface area (TPSA) is 76.7 Å². The van der Waals surface area contributed by atoms with Crippen molar-refractivity contribution in [3.63, 3.8) is 0 Å². The number of methoxy groups -OCH3 is 2. The molecule has 2 aliphatic rings. The lowest BCUT2D eigenvalue weighted by atomic mass is 9.80. The molecule has 226 valence electrons. The Morgan fingerprint density at radius 3 is 1.64 bits per heavy atom. The molecule has 4 aromatic carbocycles. The summed E-state index contributed by atoms with van der Waals surface area (Å²) in [5, 5.41) is 6.10. The van der Waals surface area contributed by atoms with Crippen molar-refractivity contribution in [3.8, 4) is 11.5 Å². The van der Waals surface area contributed by atoms with Gasteiger partial charge in [-0.3, -0.25) is 9.59 Å². The minimum Gasteiger partial charge on any atom is -0.497 e. The van der Waals surface area contributed by atoms with Crippen LogP contribution in [0.4, 0.5) is 11.4 Å². The Hall–Kier alpha value is -4.84. The molecule has 0 bridgehead atoms. The number of para-hydroxylation sites is 2. The Labute approximate surface area is 260 Å². The Kier molecular flexibility index (Phi) is 9.80. The van der Waals surface area contributed by atoms with E-state index in [1.165, 1.54) is 16.7 Å². The van der Waals surface area contributed by atoms with Gasteiger partial charge in [-0.25, -0.2) is 0 Å². The number of carbonyl (C=O) groups is 2. The van der Waals surface area contributed by atoms with E-state index < -0.39 is 0 Å². The van der Waals surface area contributed by atoms with E-state index in [0.29, 0.717) is 6.42 Å². The maximum absolute atomic E-state index is 12.7. The van der Waals surface area contributed by atoms with E-state index in [1.807, 2.05) is 73.7 Å². The van der Waals surface area contributed by atoms with Gasteiger partial charge in [-0.05, 0) is 89.8 Å². The lowest BCUT2D eigenvalue weighted by molar-refractivity contribution is -0.120. The van der Waals surface area contributed by atoms with E-state index in [1.54, 1.807) is 14.2 Å². The number of hydrogen-bond acceptors (Lipinski definition) is 4. The van der Waals surface area contributed by atoms with Crippen molar-refractivity contribution in [1.29, 1.82) is 0 Å². The molecule has 0 aromatic heterocycles. The zero-order chi connectivity index (χ0) is 31.1. The molecule has 2 N–H and O–H groups in total. The van der Waals surface area contributed by atoms with Gasteiger partial charge in [0, 0.05) is 23.2 Å². The summed E-state index contributed by atoms with van der Waals surface area (Å²) in [5.41, 5.74) is 6.55. The highest BCUT2D eigenvalue weighted by Crippen LogP contribution is 2.38. The molecule has 2 heterocycles. The van der Waals surface area contributed by atoms with Crippen molar-refractivity contribution < 1.29 is 19.1 Å². The molecule has 2 aliphatic heterocycles. The zero-order valence-corrected chi connectivity index (χ0v) is 25.6. The van der Waals surface area contributed by atoms with Crippen LogP contribution in [0.5, 0.6) is 11.5 Å². The fraction of sp³-hybridized carbons (Fsp3) is 0.263. The highest BCUT2D eigenvalue weighted by Gasteiger charge is 2.33. The average molecular weight is 589 g/mol. The van der Waals surface area contributed by atoms with Gasteiger partial charge in [0.1, 0.15) is 11.5 Å². The monoisotopic (exact) mass is 588 g/mol. The largest absolute Gasteiger partial charge is 0.497 e. The SMILES string of the molecule is C=CC[C@@H]1C(=O)Nc2ccccc2C[C@@H]1c1ccc(OC)cc1.COc1ccc([C@H]2Cc3ccccc3NC(=O)[C@H]2C)cc1. The number of rotatable bonds is 6. The average Bonchev–Trinajstić information content (AvgIpc) is 3.28. The van der Waals surface area contributed by atoms with E-state index in [9.17, 15) is 9.59 Å². The predicted octanol–water partition coefficient (Wildman–Crippen LogP) is 7.78. The summed E-state index contributed by atoms with van der Waals surface area (Å²) in [6.07, 6.45) is 4.19. The number of amides is 2. The molecule has 6 nitrogen and oxygen atoms in total. The second-order valence-corrected chi connectivity index (χ2v) is 11.4. The van der Waals surface area contributed by atoms with Crippen molar-refractivity contribution >= 4 is 23.2 Å². The molecule has 0 spiro atoms. The summed E-state index contributed by atoms with van der Waals surface area (Å²) in [5.74, 6) is 1.94. The number of nitrogens with one attached hydrogen (secondary N) is 2. The van der Waals surface area contributed by atoms with Gasteiger partial charge in [-0.15, -0.1) is 6.58 Å². The van der Waals surface area contributed by atoms with Gasteiger partial charge >= 0.3 is 0 Å². The van der Waals surface area contributed by atoms with Gasteiger partial charge in [-0.2, -0.15) is 0 Å². The molecule has 4 atom stereocenters. The zero-order valence-electron chi connectivity index (χ0n) is 25.6. The van der Waals surface area contributed by atoms with E-state index in [2.05, 4.69) is 53.6 Å². The first-order chi connectivity index (χ1) is 21.4. The molecule has 6 heteroatoms. The minimum absolute atomic E-state index is 0.0641. The molecule has 4 aromatic rings. The van der Waals surface area contributed by atoms with Crippen LogP contribution < -0.4 is 20.1 Å². The normalized spacial score (nSPS) is 20.6. The van der Waals surface area contributed by atoms with Crippen molar-refractivity contribution in [2.45, 2.75) is 38.0 Å². The van der Waals surface area contributed by atoms with Gasteiger partial charge in [-0.1, -0.05) is 73.7 Å². The summed E-state index contributed by atoms with van der Waals surface area (Å²) in [6.45, 7) is 5.82. The van der Waals surface area contributed by atoms with E-state index in [0.717, 1.165) is 41.3 Å². The molecular formula is C38H40N2O4. The second kappa shape index (κ2) is 14.1. The number of fused-ring (bicyclic) bond motifs is 2. The third-order valence-electron chi connectivity index (χ3n) is 8.78. The molecule has 0 saturated heterocycles. The maximum Gasteiger partial charge on any atom is 0.228 e. The van der Waals surface area contributed by atoms with Crippen molar-refractivity contribution in [2.75, 3.05) is 24.9 Å². The van der Waals surface area contributed by atoms with Gasteiger partial charge < -0.3 is 20.1 Å². The Morgan fingerprint density at radius 1 is 0.682 bits per heavy atom. The van der Waals surface area contributed by atoms with Crippen LogP contribution in [0, 0.1) is 11.8 Å². The van der Waals surface area contributed by atoms with Crippen LogP contribution in [0.25, 0.3) is 0 Å². The smallest absolute Gasteiger partial charge is 0.228 e. The minimum atomic E-state index is -0.117. The number of allylic oxidation sites excluding steroid dienone is 1. The van der Waals surface area contributed by atoms with Crippen LogP contribution in [0.3, 0.4) is 0 Å². The van der Waals surface area contributed by atoms with Crippen LogP contribution >= 0.6 is 0 Å². The summed E-state index contributed by atoms with van der Waals surface area (Å²) in [6, 6.07) is 32.1. The summed E-state index contributed by atoms with van der Waals surface area (Å²) >= 11 is 0. The van der Waals surface area contributed by atoms with Gasteiger partial charge in [0.15, 0.2) is 0 Å². The molecule has 0 aliphatic carbocycles. The third kappa shape index (κ3) is 6.86. The second-order valence-electron chi connectivity index (χ2n) is 11.4. The maximum atomic E-state index is 12.7. The highest BCUT2D eigenvalue weighted by molar-refractivity contribution is 5.95. The first-order valence-corrected chi connectivity index (χ1v) is 15.1. The predicted molar refractivity (Wildman–Crippen MR) is 176 cm³/mol. The molecule has 0 radical (unpaired) electrons. The molecule has 44 heavy (non-hydrogen) atoms. The number of benzene rings is 4. The van der Waals surface area contributed by atoms with Crippen molar-refractivity contribution in [1.82, 2.24) is 0 Å². The van der Waals surface area contributed by atoms with Gasteiger partial charge in [0.05, 0.1) is 14.2 Å². The Balaban J connectivity index is 0.000000175. The summed E-state index contributed by atoms with van der Waals surface area (Å²) < 4.78 is 10.4. The lowest BCUT2D eigenvalue weighted by Crippen LogP contribution is -2.26. The Morgan fingerprint density at radius 2 is 1.14 bits per heavy atom. The van der Waals surface area contributed by atoms with Crippen LogP contribution in [0.1, 0.15) is 47.4 Å². The van der Waals surface area contributed by atoms with Crippen LogP contribution in [0.15, 0.2) is 110 Å². The third-order valence-corrected chi connectivity index (χ3v) is 8.78. The molecule has 2 amide bonds. The first-order valence-electron chi connectivity index (χ1n) is 15.1. The first kappa shape index (κ1) is 30.6. The number of hydrogen-bond donors (Lipinski definition) is 2. The Bertz CT molecular complexity index is 1600.